The predicted molar refractivity (Wildman–Crippen MR) is 125 cm³/mol. The minimum Gasteiger partial charge on any atom is -0.456 e. The minimum absolute atomic E-state index is 0.0459. The summed E-state index contributed by atoms with van der Waals surface area (Å²) >= 11 is 1.58. The molecule has 2 aromatic rings. The first-order chi connectivity index (χ1) is 14.8. The summed E-state index contributed by atoms with van der Waals surface area (Å²) in [5, 5.41) is 2.67. The Morgan fingerprint density at radius 2 is 1.65 bits per heavy atom. The van der Waals surface area contributed by atoms with Crippen LogP contribution in [0.2, 0.25) is 0 Å². The van der Waals surface area contributed by atoms with E-state index in [2.05, 4.69) is 31.3 Å². The summed E-state index contributed by atoms with van der Waals surface area (Å²) in [6.07, 6.45) is 0.229. The summed E-state index contributed by atoms with van der Waals surface area (Å²) in [7, 11) is 0. The zero-order chi connectivity index (χ0) is 22.8. The smallest absolute Gasteiger partial charge is 0.307 e. The monoisotopic (exact) mass is 442 g/mol. The van der Waals surface area contributed by atoms with Crippen molar-refractivity contribution >= 4 is 35.2 Å². The zero-order valence-electron chi connectivity index (χ0n) is 18.6. The third-order valence-corrected chi connectivity index (χ3v) is 5.88. The number of nitrogens with one attached hydrogen (secondary N) is 1. The Labute approximate surface area is 188 Å². The summed E-state index contributed by atoms with van der Waals surface area (Å²) in [6.45, 7) is 8.92. The van der Waals surface area contributed by atoms with Gasteiger partial charge in [0.05, 0.1) is 6.42 Å². The molecule has 0 spiro atoms. The molecule has 1 N–H and O–H groups in total. The van der Waals surface area contributed by atoms with Crippen LogP contribution in [-0.2, 0) is 14.3 Å². The van der Waals surface area contributed by atoms with E-state index in [9.17, 15) is 14.4 Å². The number of nitrogens with zero attached hydrogens (tertiary/aromatic N) is 1. The van der Waals surface area contributed by atoms with E-state index in [4.69, 9.17) is 4.74 Å². The first-order valence-corrected chi connectivity index (χ1v) is 11.4. The maximum absolute atomic E-state index is 12.3. The summed E-state index contributed by atoms with van der Waals surface area (Å²) in [6, 6.07) is 12.9. The van der Waals surface area contributed by atoms with Crippen LogP contribution in [-0.4, -0.2) is 48.1 Å². The van der Waals surface area contributed by atoms with Crippen molar-refractivity contribution in [2.45, 2.75) is 39.0 Å². The zero-order valence-corrected chi connectivity index (χ0v) is 19.4. The fraction of sp³-hybridized carbons (Fsp3) is 0.375. The SMILES string of the molecule is CCN(CC)C(=O)c1ccc(NC(=O)COC(=O)CCSc2ccc(C)c(C)c2)cc1. The Morgan fingerprint density at radius 1 is 0.968 bits per heavy atom. The van der Waals surface area contributed by atoms with Crippen LogP contribution < -0.4 is 5.32 Å². The average Bonchev–Trinajstić information content (AvgIpc) is 2.76. The van der Waals surface area contributed by atoms with Crippen LogP contribution in [0.25, 0.3) is 0 Å². The maximum Gasteiger partial charge on any atom is 0.307 e. The molecule has 0 bridgehead atoms. The van der Waals surface area contributed by atoms with Crippen LogP contribution in [0.15, 0.2) is 47.4 Å². The van der Waals surface area contributed by atoms with Gasteiger partial charge in [0.1, 0.15) is 0 Å². The fourth-order valence-corrected chi connectivity index (χ4v) is 3.79. The fourth-order valence-electron chi connectivity index (χ4n) is 2.86. The quantitative estimate of drug-likeness (QED) is 0.435. The Balaban J connectivity index is 1.72. The second-order valence-corrected chi connectivity index (χ2v) is 8.28. The third-order valence-electron chi connectivity index (χ3n) is 4.88. The van der Waals surface area contributed by atoms with Gasteiger partial charge in [-0.15, -0.1) is 11.8 Å². The Hall–Kier alpha value is -2.80. The minimum atomic E-state index is -0.419. The number of thioether (sulfide) groups is 1. The van der Waals surface area contributed by atoms with E-state index in [-0.39, 0.29) is 18.9 Å². The number of hydrogen-bond donors (Lipinski definition) is 1. The number of hydrogen-bond acceptors (Lipinski definition) is 5. The lowest BCUT2D eigenvalue weighted by Crippen LogP contribution is -2.30. The molecule has 31 heavy (non-hydrogen) atoms. The van der Waals surface area contributed by atoms with Gasteiger partial charge < -0.3 is 15.0 Å². The van der Waals surface area contributed by atoms with E-state index in [1.54, 1.807) is 40.9 Å². The van der Waals surface area contributed by atoms with Gasteiger partial charge in [0.25, 0.3) is 11.8 Å². The van der Waals surface area contributed by atoms with Crippen molar-refractivity contribution in [2.75, 3.05) is 30.8 Å². The van der Waals surface area contributed by atoms with Gasteiger partial charge in [0.15, 0.2) is 6.61 Å². The molecule has 2 rings (SSSR count). The third kappa shape index (κ3) is 7.75. The van der Waals surface area contributed by atoms with E-state index in [0.29, 0.717) is 30.1 Å². The standard InChI is InChI=1S/C24H30N2O4S/c1-5-26(6-2)24(29)19-8-10-20(11-9-19)25-22(27)16-30-23(28)13-14-31-21-12-7-17(3)18(4)15-21/h7-12,15H,5-6,13-14,16H2,1-4H3,(H,25,27). The highest BCUT2D eigenvalue weighted by Gasteiger charge is 2.13. The van der Waals surface area contributed by atoms with Gasteiger partial charge in [0, 0.05) is 35.0 Å². The van der Waals surface area contributed by atoms with Gasteiger partial charge in [0.2, 0.25) is 0 Å². The van der Waals surface area contributed by atoms with Crippen molar-refractivity contribution in [3.8, 4) is 0 Å². The van der Waals surface area contributed by atoms with Crippen LogP contribution in [0.5, 0.6) is 0 Å². The molecule has 2 amide bonds. The van der Waals surface area contributed by atoms with Gasteiger partial charge in [-0.25, -0.2) is 0 Å². The Bertz CT molecular complexity index is 908. The second kappa shape index (κ2) is 12.2. The van der Waals surface area contributed by atoms with Crippen molar-refractivity contribution in [1.29, 1.82) is 0 Å². The van der Waals surface area contributed by atoms with Gasteiger partial charge >= 0.3 is 5.97 Å². The summed E-state index contributed by atoms with van der Waals surface area (Å²) < 4.78 is 5.05. The molecular formula is C24H30N2O4S. The number of aryl methyl sites for hydroxylation is 2. The number of carbonyl (C=O) groups excluding carboxylic acids is 3. The van der Waals surface area contributed by atoms with Gasteiger partial charge in [-0.3, -0.25) is 14.4 Å². The van der Waals surface area contributed by atoms with Crippen LogP contribution in [0.4, 0.5) is 5.69 Å². The highest BCUT2D eigenvalue weighted by molar-refractivity contribution is 7.99. The molecule has 0 aliphatic carbocycles. The average molecular weight is 443 g/mol. The Morgan fingerprint density at radius 3 is 2.26 bits per heavy atom. The normalized spacial score (nSPS) is 10.5. The summed E-state index contributed by atoms with van der Waals surface area (Å²) in [5.74, 6) is -0.287. The lowest BCUT2D eigenvalue weighted by Gasteiger charge is -2.18. The van der Waals surface area contributed by atoms with Crippen molar-refractivity contribution in [2.24, 2.45) is 0 Å². The molecule has 0 aliphatic rings. The van der Waals surface area contributed by atoms with Gasteiger partial charge in [-0.05, 0) is 75.2 Å². The summed E-state index contributed by atoms with van der Waals surface area (Å²) in [5.41, 5.74) is 3.56. The molecule has 166 valence electrons. The number of carbonyl (C=O) groups is 3. The first-order valence-electron chi connectivity index (χ1n) is 10.4. The van der Waals surface area contributed by atoms with Crippen LogP contribution in [0.1, 0.15) is 41.8 Å². The largest absolute Gasteiger partial charge is 0.456 e. The molecule has 0 atom stereocenters. The van der Waals surface area contributed by atoms with Gasteiger partial charge in [-0.1, -0.05) is 6.07 Å². The molecule has 0 aliphatic heterocycles. The molecular weight excluding hydrogens is 412 g/mol. The molecule has 0 aromatic heterocycles. The molecule has 0 fully saturated rings. The number of rotatable bonds is 10. The lowest BCUT2D eigenvalue weighted by molar-refractivity contribution is -0.146. The number of amides is 2. The molecule has 6 nitrogen and oxygen atoms in total. The molecule has 0 radical (unpaired) electrons. The second-order valence-electron chi connectivity index (χ2n) is 7.11. The van der Waals surface area contributed by atoms with Crippen LogP contribution >= 0.6 is 11.8 Å². The number of anilines is 1. The lowest BCUT2D eigenvalue weighted by atomic mass is 10.1. The van der Waals surface area contributed by atoms with Crippen molar-refractivity contribution in [1.82, 2.24) is 4.90 Å². The molecule has 0 saturated heterocycles. The van der Waals surface area contributed by atoms with Crippen molar-refractivity contribution in [3.05, 3.63) is 59.2 Å². The summed E-state index contributed by atoms with van der Waals surface area (Å²) in [4.78, 5) is 39.1. The van der Waals surface area contributed by atoms with E-state index in [1.807, 2.05) is 19.9 Å². The van der Waals surface area contributed by atoms with Gasteiger partial charge in [-0.2, -0.15) is 0 Å². The van der Waals surface area contributed by atoms with Crippen LogP contribution in [0.3, 0.4) is 0 Å². The van der Waals surface area contributed by atoms with E-state index < -0.39 is 11.9 Å². The van der Waals surface area contributed by atoms with E-state index in [1.165, 1.54) is 11.1 Å². The molecule has 0 heterocycles. The molecule has 2 aromatic carbocycles. The molecule has 7 heteroatoms. The van der Waals surface area contributed by atoms with Crippen molar-refractivity contribution < 1.29 is 19.1 Å². The van der Waals surface area contributed by atoms with Crippen LogP contribution in [0, 0.1) is 13.8 Å². The first kappa shape index (κ1) is 24.5. The number of esters is 1. The maximum atomic E-state index is 12.3. The van der Waals surface area contributed by atoms with E-state index in [0.717, 1.165) is 4.90 Å². The molecule has 0 unspecified atom stereocenters. The highest BCUT2D eigenvalue weighted by Crippen LogP contribution is 2.21. The van der Waals surface area contributed by atoms with E-state index >= 15 is 0 Å². The topological polar surface area (TPSA) is 75.7 Å². The highest BCUT2D eigenvalue weighted by atomic mass is 32.2. The Kier molecular flexibility index (Phi) is 9.59. The number of ether oxygens (including phenoxy) is 1. The number of benzene rings is 2. The molecule has 0 saturated carbocycles. The van der Waals surface area contributed by atoms with Crippen molar-refractivity contribution in [3.63, 3.8) is 0 Å². The predicted octanol–water partition coefficient (Wildman–Crippen LogP) is 4.45.